The minimum absolute atomic E-state index is 0.253. The maximum Gasteiger partial charge on any atom is 0.256 e. The molecule has 2 heterocycles. The lowest BCUT2D eigenvalue weighted by molar-refractivity contribution is 0.0963. The molecular weight excluding hydrogens is 390 g/mol. The molecule has 0 aliphatic carbocycles. The smallest absolute Gasteiger partial charge is 0.256 e. The van der Waals surface area contributed by atoms with Crippen LogP contribution in [-0.2, 0) is 6.54 Å². The van der Waals surface area contributed by atoms with Crippen molar-refractivity contribution in [2.75, 3.05) is 12.4 Å². The number of hydrogen-bond acceptors (Lipinski definition) is 4. The standard InChI is InChI=1S/C24H23N5O2/c1-4-29-22-18(14-26-29)17(13-20(27-22)16-10-6-5-7-11-16)23(30)28-19-12-8-9-15(2)21(19)24(31)25-3/h5-14H,4H2,1-3H3,(H,25,31)(H,28,30). The molecule has 31 heavy (non-hydrogen) atoms. The Morgan fingerprint density at radius 2 is 1.81 bits per heavy atom. The first-order valence-electron chi connectivity index (χ1n) is 10.1. The predicted octanol–water partition coefficient (Wildman–Crippen LogP) is 4.04. The summed E-state index contributed by atoms with van der Waals surface area (Å²) in [5.74, 6) is -0.576. The molecule has 4 rings (SSSR count). The van der Waals surface area contributed by atoms with Gasteiger partial charge in [0, 0.05) is 19.2 Å². The van der Waals surface area contributed by atoms with Crippen LogP contribution < -0.4 is 10.6 Å². The first kappa shape index (κ1) is 20.3. The van der Waals surface area contributed by atoms with E-state index in [1.807, 2.05) is 56.3 Å². The number of hydrogen-bond donors (Lipinski definition) is 2. The average molecular weight is 413 g/mol. The second kappa shape index (κ2) is 8.39. The number of aromatic nitrogens is 3. The molecule has 0 unspecified atom stereocenters. The van der Waals surface area contributed by atoms with Gasteiger partial charge in [-0.2, -0.15) is 5.10 Å². The SMILES string of the molecule is CCn1ncc2c(C(=O)Nc3cccc(C)c3C(=O)NC)cc(-c3ccccc3)nc21. The molecule has 2 aromatic carbocycles. The van der Waals surface area contributed by atoms with Crippen molar-refractivity contribution in [3.8, 4) is 11.3 Å². The van der Waals surface area contributed by atoms with Crippen LogP contribution in [0, 0.1) is 6.92 Å². The number of nitrogens with one attached hydrogen (secondary N) is 2. The molecule has 2 aromatic heterocycles. The Morgan fingerprint density at radius 1 is 1.03 bits per heavy atom. The first-order valence-corrected chi connectivity index (χ1v) is 10.1. The van der Waals surface area contributed by atoms with Crippen LogP contribution in [-0.4, -0.2) is 33.6 Å². The second-order valence-electron chi connectivity index (χ2n) is 7.15. The van der Waals surface area contributed by atoms with Gasteiger partial charge in [0.2, 0.25) is 0 Å². The minimum atomic E-state index is -0.323. The summed E-state index contributed by atoms with van der Waals surface area (Å²) in [6.45, 7) is 4.45. The average Bonchev–Trinajstić information content (AvgIpc) is 3.21. The number of rotatable bonds is 5. The Kier molecular flexibility index (Phi) is 5.49. The zero-order valence-corrected chi connectivity index (χ0v) is 17.6. The molecule has 0 bridgehead atoms. The maximum absolute atomic E-state index is 13.4. The monoisotopic (exact) mass is 413 g/mol. The van der Waals surface area contributed by atoms with Crippen molar-refractivity contribution in [1.82, 2.24) is 20.1 Å². The molecular formula is C24H23N5O2. The Hall–Kier alpha value is -4.00. The van der Waals surface area contributed by atoms with E-state index in [0.717, 1.165) is 11.1 Å². The van der Waals surface area contributed by atoms with Crippen molar-refractivity contribution in [3.05, 3.63) is 77.5 Å². The highest BCUT2D eigenvalue weighted by atomic mass is 16.2. The fraction of sp³-hybridized carbons (Fsp3) is 0.167. The molecule has 7 heteroatoms. The first-order chi connectivity index (χ1) is 15.0. The Balaban J connectivity index is 1.83. The maximum atomic E-state index is 13.4. The summed E-state index contributed by atoms with van der Waals surface area (Å²) in [4.78, 5) is 30.5. The predicted molar refractivity (Wildman–Crippen MR) is 121 cm³/mol. The number of carbonyl (C=O) groups excluding carboxylic acids is 2. The van der Waals surface area contributed by atoms with Gasteiger partial charge < -0.3 is 10.6 Å². The van der Waals surface area contributed by atoms with Gasteiger partial charge in [0.15, 0.2) is 5.65 Å². The van der Waals surface area contributed by atoms with E-state index in [1.165, 1.54) is 0 Å². The van der Waals surface area contributed by atoms with E-state index in [-0.39, 0.29) is 11.8 Å². The number of anilines is 1. The van der Waals surface area contributed by atoms with Gasteiger partial charge >= 0.3 is 0 Å². The number of carbonyl (C=O) groups is 2. The number of fused-ring (bicyclic) bond motifs is 1. The molecule has 0 atom stereocenters. The van der Waals surface area contributed by atoms with E-state index >= 15 is 0 Å². The molecule has 0 aliphatic rings. The van der Waals surface area contributed by atoms with E-state index < -0.39 is 0 Å². The minimum Gasteiger partial charge on any atom is -0.355 e. The van der Waals surface area contributed by atoms with E-state index in [9.17, 15) is 9.59 Å². The van der Waals surface area contributed by atoms with Crippen molar-refractivity contribution in [3.63, 3.8) is 0 Å². The van der Waals surface area contributed by atoms with Gasteiger partial charge in [-0.15, -0.1) is 0 Å². The quantitative estimate of drug-likeness (QED) is 0.517. The van der Waals surface area contributed by atoms with Crippen molar-refractivity contribution < 1.29 is 9.59 Å². The third-order valence-electron chi connectivity index (χ3n) is 5.20. The van der Waals surface area contributed by atoms with Crippen LogP contribution in [0.4, 0.5) is 5.69 Å². The van der Waals surface area contributed by atoms with Crippen LogP contribution >= 0.6 is 0 Å². The topological polar surface area (TPSA) is 88.9 Å². The Bertz CT molecular complexity index is 1280. The van der Waals surface area contributed by atoms with Crippen molar-refractivity contribution in [1.29, 1.82) is 0 Å². The van der Waals surface area contributed by atoms with Gasteiger partial charge in [-0.05, 0) is 31.5 Å². The molecule has 7 nitrogen and oxygen atoms in total. The van der Waals surface area contributed by atoms with Crippen LogP contribution in [0.3, 0.4) is 0 Å². The summed E-state index contributed by atoms with van der Waals surface area (Å²) < 4.78 is 1.77. The zero-order chi connectivity index (χ0) is 22.0. The summed E-state index contributed by atoms with van der Waals surface area (Å²) in [5.41, 5.74) is 4.36. The van der Waals surface area contributed by atoms with E-state index in [2.05, 4.69) is 15.7 Å². The third kappa shape index (κ3) is 3.77. The second-order valence-corrected chi connectivity index (χ2v) is 7.15. The molecule has 0 saturated heterocycles. The normalized spacial score (nSPS) is 10.8. The molecule has 156 valence electrons. The molecule has 2 N–H and O–H groups in total. The number of amides is 2. The van der Waals surface area contributed by atoms with Gasteiger partial charge in [0.05, 0.1) is 34.1 Å². The highest BCUT2D eigenvalue weighted by Crippen LogP contribution is 2.27. The molecule has 0 fully saturated rings. The number of aryl methyl sites for hydroxylation is 2. The fourth-order valence-electron chi connectivity index (χ4n) is 3.61. The van der Waals surface area contributed by atoms with E-state index in [1.54, 1.807) is 30.1 Å². The van der Waals surface area contributed by atoms with Gasteiger partial charge in [-0.3, -0.25) is 9.59 Å². The van der Waals surface area contributed by atoms with E-state index in [4.69, 9.17) is 4.98 Å². The summed E-state index contributed by atoms with van der Waals surface area (Å²) in [6.07, 6.45) is 1.66. The molecule has 4 aromatic rings. The van der Waals surface area contributed by atoms with Crippen LogP contribution in [0.5, 0.6) is 0 Å². The van der Waals surface area contributed by atoms with Gasteiger partial charge in [-0.1, -0.05) is 42.5 Å². The summed E-state index contributed by atoms with van der Waals surface area (Å²) in [6, 6.07) is 16.8. The molecule has 0 radical (unpaired) electrons. The number of nitrogens with zero attached hydrogens (tertiary/aromatic N) is 3. The van der Waals surface area contributed by atoms with Crippen LogP contribution in [0.1, 0.15) is 33.2 Å². The Labute approximate surface area is 180 Å². The van der Waals surface area contributed by atoms with Crippen LogP contribution in [0.15, 0.2) is 60.8 Å². The van der Waals surface area contributed by atoms with Crippen molar-refractivity contribution in [2.24, 2.45) is 0 Å². The van der Waals surface area contributed by atoms with Gasteiger partial charge in [0.25, 0.3) is 11.8 Å². The summed E-state index contributed by atoms with van der Waals surface area (Å²) >= 11 is 0. The fourth-order valence-corrected chi connectivity index (χ4v) is 3.61. The lowest BCUT2D eigenvalue weighted by Crippen LogP contribution is -2.22. The van der Waals surface area contributed by atoms with Crippen molar-refractivity contribution >= 4 is 28.5 Å². The molecule has 2 amide bonds. The zero-order valence-electron chi connectivity index (χ0n) is 17.6. The van der Waals surface area contributed by atoms with Crippen LogP contribution in [0.25, 0.3) is 22.3 Å². The number of benzene rings is 2. The van der Waals surface area contributed by atoms with Crippen LogP contribution in [0.2, 0.25) is 0 Å². The highest BCUT2D eigenvalue weighted by molar-refractivity contribution is 6.15. The molecule has 0 saturated carbocycles. The summed E-state index contributed by atoms with van der Waals surface area (Å²) in [7, 11) is 1.57. The molecule has 0 spiro atoms. The third-order valence-corrected chi connectivity index (χ3v) is 5.20. The van der Waals surface area contributed by atoms with Crippen molar-refractivity contribution in [2.45, 2.75) is 20.4 Å². The highest BCUT2D eigenvalue weighted by Gasteiger charge is 2.20. The Morgan fingerprint density at radius 3 is 2.52 bits per heavy atom. The number of pyridine rings is 1. The summed E-state index contributed by atoms with van der Waals surface area (Å²) in [5, 5.41) is 10.6. The van der Waals surface area contributed by atoms with Gasteiger partial charge in [0.1, 0.15) is 0 Å². The largest absolute Gasteiger partial charge is 0.355 e. The van der Waals surface area contributed by atoms with E-state index in [0.29, 0.717) is 40.1 Å². The molecule has 0 aliphatic heterocycles. The lowest BCUT2D eigenvalue weighted by atomic mass is 10.0. The lowest BCUT2D eigenvalue weighted by Gasteiger charge is -2.14. The van der Waals surface area contributed by atoms with Gasteiger partial charge in [-0.25, -0.2) is 9.67 Å².